The number of ketones is 1. The van der Waals surface area contributed by atoms with Crippen molar-refractivity contribution in [2.75, 3.05) is 56.3 Å². The van der Waals surface area contributed by atoms with E-state index in [1.807, 2.05) is 0 Å². The van der Waals surface area contributed by atoms with Gasteiger partial charge in [0.2, 0.25) is 6.73 Å². The van der Waals surface area contributed by atoms with Crippen molar-refractivity contribution in [2.24, 2.45) is 0 Å². The summed E-state index contributed by atoms with van der Waals surface area (Å²) in [5, 5.41) is 8.25. The van der Waals surface area contributed by atoms with Gasteiger partial charge in [0.25, 0.3) is 0 Å². The zero-order valence-electron chi connectivity index (χ0n) is 23.4. The third-order valence-electron chi connectivity index (χ3n) is 8.16. The van der Waals surface area contributed by atoms with Gasteiger partial charge in [0, 0.05) is 57.5 Å². The number of carboxylic acid groups (broad SMARTS) is 1. The number of likely N-dealkylation sites (tertiary alicyclic amines) is 1. The van der Waals surface area contributed by atoms with Gasteiger partial charge in [0.05, 0.1) is 43.0 Å². The maximum absolute atomic E-state index is 13.3. The minimum Gasteiger partial charge on any atom is -0.554 e. The van der Waals surface area contributed by atoms with E-state index in [0.29, 0.717) is 34.8 Å². The fourth-order valence-corrected chi connectivity index (χ4v) is 6.36. The highest BCUT2D eigenvalue weighted by Crippen LogP contribution is 2.51. The van der Waals surface area contributed by atoms with Gasteiger partial charge >= 0.3 is 6.16 Å². The van der Waals surface area contributed by atoms with Crippen LogP contribution in [0, 0.1) is 5.82 Å². The Kier molecular flexibility index (Phi) is 9.29. The number of carbonyl (C=O) groups is 3. The minimum absolute atomic E-state index is 0.00382. The summed E-state index contributed by atoms with van der Waals surface area (Å²) in [4.78, 5) is 38.2. The van der Waals surface area contributed by atoms with Gasteiger partial charge in [-0.05, 0) is 49.7 Å². The Hall–Kier alpha value is -3.66. The second-order valence-electron chi connectivity index (χ2n) is 11.1. The average molecular weight is 556 g/mol. The molecule has 3 atom stereocenters. The Morgan fingerprint density at radius 1 is 1.18 bits per heavy atom. The molecule has 0 radical (unpaired) electrons. The van der Waals surface area contributed by atoms with Gasteiger partial charge in [-0.2, -0.15) is 0 Å². The van der Waals surface area contributed by atoms with Crippen LogP contribution in [-0.4, -0.2) is 81.5 Å². The molecule has 0 saturated carbocycles. The van der Waals surface area contributed by atoms with Gasteiger partial charge < -0.3 is 29.2 Å². The van der Waals surface area contributed by atoms with Crippen molar-refractivity contribution >= 4 is 29.8 Å². The first-order valence-corrected chi connectivity index (χ1v) is 13.8. The summed E-state index contributed by atoms with van der Waals surface area (Å²) in [6.07, 6.45) is 1.14. The van der Waals surface area contributed by atoms with Crippen LogP contribution in [0.1, 0.15) is 54.9 Å². The van der Waals surface area contributed by atoms with Crippen molar-refractivity contribution in [1.82, 2.24) is 0 Å². The standard InChI is InChI=1S/C29H37FN3O4.CH2O2/c1-20(2)37-29(35)36-19-33(16-5-8-27(34)21-9-11-22(30)12-10-21)17-13-25-24(18-33)23-6-4-7-26-28(23)32(25)15-14-31(26)3;2-1-3/h4,6-7,9-12,20,24-25H,5,8,13-19H2,1-3H3;1H,(H,2,3)/q+1;/p-1/t24-,25-,33?;/m0./s1. The quantitative estimate of drug-likeness (QED) is 0.212. The van der Waals surface area contributed by atoms with Crippen LogP contribution in [0.15, 0.2) is 42.5 Å². The zero-order chi connectivity index (χ0) is 28.9. The van der Waals surface area contributed by atoms with Gasteiger partial charge in [-0.3, -0.25) is 9.28 Å². The summed E-state index contributed by atoms with van der Waals surface area (Å²) in [5.74, 6) is -0.00425. The lowest BCUT2D eigenvalue weighted by Crippen LogP contribution is -2.60. The molecule has 3 aliphatic rings. The zero-order valence-corrected chi connectivity index (χ0v) is 23.4. The number of para-hydroxylation sites is 1. The number of halogens is 1. The van der Waals surface area contributed by atoms with E-state index in [-0.39, 0.29) is 24.4 Å². The Balaban J connectivity index is 0.00000118. The number of benzene rings is 2. The van der Waals surface area contributed by atoms with Crippen LogP contribution in [-0.2, 0) is 14.3 Å². The second kappa shape index (κ2) is 12.7. The molecule has 0 N–H and O–H groups in total. The lowest BCUT2D eigenvalue weighted by atomic mass is 9.87. The number of hydrogen-bond donors (Lipinski definition) is 0. The number of fused-ring (bicyclic) bond motifs is 3. The minimum atomic E-state index is -0.646. The van der Waals surface area contributed by atoms with Crippen LogP contribution in [0.2, 0.25) is 0 Å². The Bertz CT molecular complexity index is 1210. The molecule has 40 heavy (non-hydrogen) atoms. The summed E-state index contributed by atoms with van der Waals surface area (Å²) >= 11 is 0. The normalized spacial score (nSPS) is 22.5. The molecule has 1 fully saturated rings. The van der Waals surface area contributed by atoms with Crippen molar-refractivity contribution in [3.05, 3.63) is 59.4 Å². The molecule has 3 heterocycles. The van der Waals surface area contributed by atoms with Gasteiger partial charge in [0.1, 0.15) is 5.82 Å². The number of likely N-dealkylation sites (N-methyl/N-ethyl adjacent to an activating group) is 1. The van der Waals surface area contributed by atoms with Gasteiger partial charge in [0.15, 0.2) is 5.78 Å². The van der Waals surface area contributed by atoms with Crippen LogP contribution in [0.4, 0.5) is 20.6 Å². The number of piperidine rings is 1. The Labute approximate surface area is 234 Å². The Morgan fingerprint density at radius 2 is 1.90 bits per heavy atom. The van der Waals surface area contributed by atoms with Crippen molar-refractivity contribution < 1.29 is 37.8 Å². The van der Waals surface area contributed by atoms with Crippen molar-refractivity contribution in [3.63, 3.8) is 0 Å². The van der Waals surface area contributed by atoms with Crippen molar-refractivity contribution in [1.29, 1.82) is 0 Å². The summed E-state index contributed by atoms with van der Waals surface area (Å²) in [5.41, 5.74) is 4.55. The molecular formula is C30H38FN3O6. The van der Waals surface area contributed by atoms with Crippen molar-refractivity contribution in [2.45, 2.75) is 51.2 Å². The topological polar surface area (TPSA) is 99.2 Å². The highest BCUT2D eigenvalue weighted by Gasteiger charge is 2.50. The summed E-state index contributed by atoms with van der Waals surface area (Å²) in [6.45, 7) is 7.81. The van der Waals surface area contributed by atoms with Gasteiger partial charge in [-0.15, -0.1) is 0 Å². The van der Waals surface area contributed by atoms with Crippen LogP contribution in [0.25, 0.3) is 0 Å². The van der Waals surface area contributed by atoms with E-state index in [4.69, 9.17) is 19.4 Å². The molecule has 2 aromatic rings. The maximum Gasteiger partial charge on any atom is 0.512 e. The number of hydrogen-bond acceptors (Lipinski definition) is 8. The van der Waals surface area contributed by atoms with Crippen LogP contribution >= 0.6 is 0 Å². The van der Waals surface area contributed by atoms with E-state index in [9.17, 15) is 14.0 Å². The maximum atomic E-state index is 13.3. The predicted octanol–water partition coefficient (Wildman–Crippen LogP) is 3.32. The number of nitrogens with zero attached hydrogens (tertiary/aromatic N) is 3. The fourth-order valence-electron chi connectivity index (χ4n) is 6.36. The molecule has 0 spiro atoms. The first-order chi connectivity index (χ1) is 19.2. The first-order valence-electron chi connectivity index (χ1n) is 13.8. The van der Waals surface area contributed by atoms with Crippen LogP contribution in [0.5, 0.6) is 0 Å². The number of ether oxygens (including phenoxy) is 2. The third kappa shape index (κ3) is 6.38. The summed E-state index contributed by atoms with van der Waals surface area (Å²) < 4.78 is 24.8. The smallest absolute Gasteiger partial charge is 0.512 e. The first kappa shape index (κ1) is 29.3. The molecule has 0 amide bonds. The summed E-state index contributed by atoms with van der Waals surface area (Å²) in [7, 11) is 2.15. The molecule has 0 aliphatic carbocycles. The third-order valence-corrected chi connectivity index (χ3v) is 8.16. The van der Waals surface area contributed by atoms with E-state index in [1.165, 1.54) is 29.1 Å². The fraction of sp³-hybridized carbons (Fsp3) is 0.500. The molecule has 1 saturated heterocycles. The van der Waals surface area contributed by atoms with Gasteiger partial charge in [-0.1, -0.05) is 12.1 Å². The highest BCUT2D eigenvalue weighted by atomic mass is 19.1. The van der Waals surface area contributed by atoms with E-state index in [1.54, 1.807) is 26.0 Å². The molecule has 5 rings (SSSR count). The summed E-state index contributed by atoms with van der Waals surface area (Å²) in [6, 6.07) is 12.8. The molecule has 1 unspecified atom stereocenters. The van der Waals surface area contributed by atoms with Crippen molar-refractivity contribution in [3.8, 4) is 0 Å². The lowest BCUT2D eigenvalue weighted by Gasteiger charge is -2.47. The SMILES string of the molecule is CC(C)OC(=O)OC[N+]1(CCCC(=O)c2ccc(F)cc2)CC[C@H]2[C@@H](C1)c1cccc3c1N2CCN3C.O=C[O-]. The average Bonchev–Trinajstić information content (AvgIpc) is 3.24. The van der Waals surface area contributed by atoms with Gasteiger partial charge in [-0.25, -0.2) is 9.18 Å². The highest BCUT2D eigenvalue weighted by molar-refractivity contribution is 5.95. The molecule has 9 nitrogen and oxygen atoms in total. The Morgan fingerprint density at radius 3 is 2.60 bits per heavy atom. The van der Waals surface area contributed by atoms with E-state index < -0.39 is 12.6 Å². The van der Waals surface area contributed by atoms with E-state index in [2.05, 4.69) is 35.0 Å². The number of anilines is 2. The van der Waals surface area contributed by atoms with Crippen LogP contribution in [0.3, 0.4) is 0 Å². The largest absolute Gasteiger partial charge is 0.554 e. The number of quaternary nitrogens is 1. The monoisotopic (exact) mass is 555 g/mol. The molecule has 216 valence electrons. The second-order valence-corrected chi connectivity index (χ2v) is 11.1. The lowest BCUT2D eigenvalue weighted by molar-refractivity contribution is -0.949. The molecule has 2 aromatic carbocycles. The molecule has 3 aliphatic heterocycles. The van der Waals surface area contributed by atoms with E-state index >= 15 is 0 Å². The predicted molar refractivity (Wildman–Crippen MR) is 147 cm³/mol. The number of Topliss-reactive ketones (excluding diaryl/α,β-unsaturated/α-hetero) is 1. The van der Waals surface area contributed by atoms with E-state index in [0.717, 1.165) is 39.1 Å². The molecular weight excluding hydrogens is 517 g/mol. The molecule has 0 aromatic heterocycles. The molecule has 0 bridgehead atoms. The van der Waals surface area contributed by atoms with Crippen LogP contribution < -0.4 is 14.9 Å². The number of carbonyl (C=O) groups excluding carboxylic acids is 3. The number of rotatable bonds is 8. The molecule has 10 heteroatoms.